The highest BCUT2D eigenvalue weighted by Gasteiger charge is 2.24. The van der Waals surface area contributed by atoms with Crippen LogP contribution in [0.2, 0.25) is 0 Å². The number of sulfonamides is 1. The van der Waals surface area contributed by atoms with Crippen LogP contribution in [0.1, 0.15) is 33.1 Å². The van der Waals surface area contributed by atoms with E-state index in [0.717, 1.165) is 19.3 Å². The van der Waals surface area contributed by atoms with Crippen LogP contribution in [0, 0.1) is 5.92 Å². The number of rotatable bonds is 7. The normalized spacial score (nSPS) is 19.0. The van der Waals surface area contributed by atoms with Gasteiger partial charge in [-0.1, -0.05) is 6.92 Å². The SMILES string of the molecule is CCC(C)N(CCNC(=O)C1CCOCC1)S(C)(=O)=O. The summed E-state index contributed by atoms with van der Waals surface area (Å²) in [6.07, 6.45) is 3.44. The summed E-state index contributed by atoms with van der Waals surface area (Å²) in [7, 11) is -3.24. The van der Waals surface area contributed by atoms with Gasteiger partial charge >= 0.3 is 0 Å². The molecule has 0 aliphatic carbocycles. The van der Waals surface area contributed by atoms with Crippen molar-refractivity contribution in [3.63, 3.8) is 0 Å². The lowest BCUT2D eigenvalue weighted by atomic mass is 9.99. The standard InChI is InChI=1S/C13H26N2O4S/c1-4-11(2)15(20(3,17)18)8-7-14-13(16)12-5-9-19-10-6-12/h11-12H,4-10H2,1-3H3,(H,14,16). The molecular formula is C13H26N2O4S. The first kappa shape index (κ1) is 17.4. The molecular weight excluding hydrogens is 280 g/mol. The summed E-state index contributed by atoms with van der Waals surface area (Å²) in [5.74, 6) is 0.00457. The Kier molecular flexibility index (Phi) is 6.91. The number of hydrogen-bond donors (Lipinski definition) is 1. The fraction of sp³-hybridized carbons (Fsp3) is 0.923. The number of hydrogen-bond acceptors (Lipinski definition) is 4. The van der Waals surface area contributed by atoms with Gasteiger partial charge in [0.05, 0.1) is 6.26 Å². The van der Waals surface area contributed by atoms with Gasteiger partial charge in [0.25, 0.3) is 0 Å². The molecule has 118 valence electrons. The molecule has 1 heterocycles. The summed E-state index contributed by atoms with van der Waals surface area (Å²) < 4.78 is 30.1. The molecule has 1 atom stereocenters. The maximum absolute atomic E-state index is 11.9. The molecule has 0 radical (unpaired) electrons. The van der Waals surface area contributed by atoms with Crippen LogP contribution in [-0.4, -0.2) is 57.2 Å². The average Bonchev–Trinajstić information content (AvgIpc) is 2.42. The van der Waals surface area contributed by atoms with Crippen LogP contribution in [-0.2, 0) is 19.6 Å². The number of nitrogens with one attached hydrogen (secondary N) is 1. The number of carbonyl (C=O) groups excluding carboxylic acids is 1. The summed E-state index contributed by atoms with van der Waals surface area (Å²) in [6, 6.07) is -0.0509. The van der Waals surface area contributed by atoms with Crippen LogP contribution >= 0.6 is 0 Å². The minimum absolute atomic E-state index is 0.000896. The van der Waals surface area contributed by atoms with Gasteiger partial charge in [0.2, 0.25) is 15.9 Å². The van der Waals surface area contributed by atoms with Crippen molar-refractivity contribution in [2.75, 3.05) is 32.6 Å². The first-order valence-electron chi connectivity index (χ1n) is 7.18. The maximum atomic E-state index is 11.9. The van der Waals surface area contributed by atoms with E-state index in [0.29, 0.717) is 26.3 Å². The van der Waals surface area contributed by atoms with Gasteiger partial charge in [-0.05, 0) is 26.2 Å². The minimum atomic E-state index is -3.24. The lowest BCUT2D eigenvalue weighted by molar-refractivity contribution is -0.127. The Morgan fingerprint density at radius 3 is 2.50 bits per heavy atom. The molecule has 1 N–H and O–H groups in total. The van der Waals surface area contributed by atoms with Crippen molar-refractivity contribution in [3.05, 3.63) is 0 Å². The summed E-state index contributed by atoms with van der Waals surface area (Å²) in [5.41, 5.74) is 0. The van der Waals surface area contributed by atoms with Crippen molar-refractivity contribution < 1.29 is 17.9 Å². The number of amides is 1. The summed E-state index contributed by atoms with van der Waals surface area (Å²) >= 11 is 0. The molecule has 0 saturated carbocycles. The highest BCUT2D eigenvalue weighted by Crippen LogP contribution is 2.14. The first-order chi connectivity index (χ1) is 9.36. The van der Waals surface area contributed by atoms with Crippen LogP contribution in [0.4, 0.5) is 0 Å². The van der Waals surface area contributed by atoms with E-state index in [9.17, 15) is 13.2 Å². The monoisotopic (exact) mass is 306 g/mol. The molecule has 1 unspecified atom stereocenters. The molecule has 1 saturated heterocycles. The average molecular weight is 306 g/mol. The van der Waals surface area contributed by atoms with E-state index in [2.05, 4.69) is 5.32 Å². The molecule has 0 aromatic carbocycles. The number of nitrogens with zero attached hydrogens (tertiary/aromatic N) is 1. The predicted octanol–water partition coefficient (Wildman–Crippen LogP) is 0.589. The molecule has 1 aliphatic rings. The van der Waals surface area contributed by atoms with Crippen molar-refractivity contribution in [2.24, 2.45) is 5.92 Å². The van der Waals surface area contributed by atoms with Crippen molar-refractivity contribution in [3.8, 4) is 0 Å². The van der Waals surface area contributed by atoms with E-state index >= 15 is 0 Å². The third kappa shape index (κ3) is 5.38. The fourth-order valence-corrected chi connectivity index (χ4v) is 3.54. The van der Waals surface area contributed by atoms with Crippen LogP contribution in [0.25, 0.3) is 0 Å². The third-order valence-corrected chi connectivity index (χ3v) is 5.13. The van der Waals surface area contributed by atoms with Crippen molar-refractivity contribution in [1.82, 2.24) is 9.62 Å². The van der Waals surface area contributed by atoms with E-state index in [-0.39, 0.29) is 17.9 Å². The van der Waals surface area contributed by atoms with Crippen molar-refractivity contribution in [1.29, 1.82) is 0 Å². The Labute approximate surface area is 121 Å². The Morgan fingerprint density at radius 2 is 2.00 bits per heavy atom. The molecule has 1 amide bonds. The van der Waals surface area contributed by atoms with E-state index in [1.54, 1.807) is 0 Å². The maximum Gasteiger partial charge on any atom is 0.223 e. The molecule has 0 aromatic heterocycles. The highest BCUT2D eigenvalue weighted by molar-refractivity contribution is 7.88. The van der Waals surface area contributed by atoms with Crippen molar-refractivity contribution in [2.45, 2.75) is 39.2 Å². The quantitative estimate of drug-likeness (QED) is 0.747. The zero-order valence-corrected chi connectivity index (χ0v) is 13.4. The first-order valence-corrected chi connectivity index (χ1v) is 9.03. The second kappa shape index (κ2) is 7.95. The molecule has 0 bridgehead atoms. The van der Waals surface area contributed by atoms with E-state index in [1.165, 1.54) is 10.6 Å². The predicted molar refractivity (Wildman–Crippen MR) is 77.9 cm³/mol. The van der Waals surface area contributed by atoms with Crippen molar-refractivity contribution >= 4 is 15.9 Å². The van der Waals surface area contributed by atoms with Crippen LogP contribution in [0.15, 0.2) is 0 Å². The van der Waals surface area contributed by atoms with Gasteiger partial charge in [0.1, 0.15) is 0 Å². The van der Waals surface area contributed by atoms with Crippen LogP contribution in [0.3, 0.4) is 0 Å². The lowest BCUT2D eigenvalue weighted by Gasteiger charge is -2.27. The van der Waals surface area contributed by atoms with Gasteiger partial charge in [-0.3, -0.25) is 4.79 Å². The minimum Gasteiger partial charge on any atom is -0.381 e. The second-order valence-corrected chi connectivity index (χ2v) is 7.24. The molecule has 20 heavy (non-hydrogen) atoms. The molecule has 0 aromatic rings. The zero-order valence-electron chi connectivity index (χ0n) is 12.6. The largest absolute Gasteiger partial charge is 0.381 e. The Bertz CT molecular complexity index is 405. The molecule has 1 aliphatic heterocycles. The Hall–Kier alpha value is -0.660. The van der Waals surface area contributed by atoms with Gasteiger partial charge in [-0.25, -0.2) is 8.42 Å². The van der Waals surface area contributed by atoms with E-state index in [1.807, 2.05) is 13.8 Å². The van der Waals surface area contributed by atoms with Crippen LogP contribution < -0.4 is 5.32 Å². The van der Waals surface area contributed by atoms with E-state index in [4.69, 9.17) is 4.74 Å². The van der Waals surface area contributed by atoms with Gasteiger partial charge in [0.15, 0.2) is 0 Å². The highest BCUT2D eigenvalue weighted by atomic mass is 32.2. The van der Waals surface area contributed by atoms with Gasteiger partial charge in [-0.2, -0.15) is 4.31 Å². The van der Waals surface area contributed by atoms with Gasteiger partial charge in [0, 0.05) is 38.3 Å². The molecule has 6 nitrogen and oxygen atoms in total. The molecule has 1 fully saturated rings. The lowest BCUT2D eigenvalue weighted by Crippen LogP contribution is -2.44. The topological polar surface area (TPSA) is 75.7 Å². The molecule has 0 spiro atoms. The summed E-state index contributed by atoms with van der Waals surface area (Å²) in [4.78, 5) is 11.9. The number of carbonyl (C=O) groups is 1. The van der Waals surface area contributed by atoms with E-state index < -0.39 is 10.0 Å². The van der Waals surface area contributed by atoms with Gasteiger partial charge in [-0.15, -0.1) is 0 Å². The number of ether oxygens (including phenoxy) is 1. The molecule has 7 heteroatoms. The van der Waals surface area contributed by atoms with Crippen LogP contribution in [0.5, 0.6) is 0 Å². The Morgan fingerprint density at radius 1 is 1.40 bits per heavy atom. The fourth-order valence-electron chi connectivity index (χ4n) is 2.31. The van der Waals surface area contributed by atoms with Gasteiger partial charge < -0.3 is 10.1 Å². The summed E-state index contributed by atoms with van der Waals surface area (Å²) in [6.45, 7) is 5.75. The summed E-state index contributed by atoms with van der Waals surface area (Å²) in [5, 5.41) is 2.83. The smallest absolute Gasteiger partial charge is 0.223 e. The molecule has 1 rings (SSSR count). The second-order valence-electron chi connectivity index (χ2n) is 5.31. The zero-order chi connectivity index (χ0) is 15.2. The Balaban J connectivity index is 2.42. The third-order valence-electron chi connectivity index (χ3n) is 3.73.